The van der Waals surface area contributed by atoms with E-state index in [1.54, 1.807) is 12.1 Å². The van der Waals surface area contributed by atoms with Crippen LogP contribution in [0.15, 0.2) is 18.2 Å². The third-order valence-electron chi connectivity index (χ3n) is 2.20. The first-order valence-corrected chi connectivity index (χ1v) is 4.33. The van der Waals surface area contributed by atoms with Crippen molar-refractivity contribution < 1.29 is 9.66 Å². The number of fused-ring (bicyclic) bond motifs is 1. The highest BCUT2D eigenvalue weighted by Gasteiger charge is 2.24. The van der Waals surface area contributed by atoms with E-state index in [9.17, 15) is 10.1 Å². The standard InChI is InChI=1S/C9H10N2O3/c10-7-4-6-2-1-3-8(11(12)13)9(6)14-5-7/h1-3,7H,4-5,10H2/t7-/m0/s1. The normalized spacial score (nSPS) is 19.6. The first kappa shape index (κ1) is 8.96. The van der Waals surface area contributed by atoms with Gasteiger partial charge in [-0.05, 0) is 6.42 Å². The molecule has 0 bridgehead atoms. The molecule has 14 heavy (non-hydrogen) atoms. The van der Waals surface area contributed by atoms with Crippen LogP contribution in [0.1, 0.15) is 5.56 Å². The Morgan fingerprint density at radius 3 is 3.07 bits per heavy atom. The van der Waals surface area contributed by atoms with Crippen molar-refractivity contribution in [2.75, 3.05) is 6.61 Å². The van der Waals surface area contributed by atoms with Gasteiger partial charge in [-0.2, -0.15) is 0 Å². The molecule has 0 saturated heterocycles. The van der Waals surface area contributed by atoms with Crippen molar-refractivity contribution in [3.05, 3.63) is 33.9 Å². The molecule has 0 saturated carbocycles. The molecule has 0 fully saturated rings. The summed E-state index contributed by atoms with van der Waals surface area (Å²) in [5, 5.41) is 10.6. The molecule has 1 aromatic carbocycles. The molecular weight excluding hydrogens is 184 g/mol. The molecule has 0 amide bonds. The molecule has 0 spiro atoms. The number of nitro benzene ring substituents is 1. The lowest BCUT2D eigenvalue weighted by atomic mass is 10.0. The first-order valence-electron chi connectivity index (χ1n) is 4.33. The van der Waals surface area contributed by atoms with Crippen LogP contribution < -0.4 is 10.5 Å². The van der Waals surface area contributed by atoms with E-state index in [1.807, 2.05) is 0 Å². The van der Waals surface area contributed by atoms with E-state index in [2.05, 4.69) is 0 Å². The van der Waals surface area contributed by atoms with Crippen molar-refractivity contribution in [1.82, 2.24) is 0 Å². The Balaban J connectivity index is 2.46. The molecule has 74 valence electrons. The molecule has 5 heteroatoms. The number of para-hydroxylation sites is 1. The van der Waals surface area contributed by atoms with Crippen molar-refractivity contribution in [1.29, 1.82) is 0 Å². The van der Waals surface area contributed by atoms with E-state index < -0.39 is 4.92 Å². The molecule has 1 aliphatic heterocycles. The molecule has 1 atom stereocenters. The van der Waals surface area contributed by atoms with E-state index in [0.29, 0.717) is 18.8 Å². The minimum atomic E-state index is -0.435. The second-order valence-electron chi connectivity index (χ2n) is 3.30. The minimum Gasteiger partial charge on any atom is -0.485 e. The highest BCUT2D eigenvalue weighted by Crippen LogP contribution is 2.33. The Morgan fingerprint density at radius 1 is 1.57 bits per heavy atom. The van der Waals surface area contributed by atoms with Crippen LogP contribution in [0.2, 0.25) is 0 Å². The number of ether oxygens (including phenoxy) is 1. The summed E-state index contributed by atoms with van der Waals surface area (Å²) in [7, 11) is 0. The molecule has 1 aliphatic rings. The monoisotopic (exact) mass is 194 g/mol. The number of nitrogens with zero attached hydrogens (tertiary/aromatic N) is 1. The van der Waals surface area contributed by atoms with E-state index >= 15 is 0 Å². The van der Waals surface area contributed by atoms with Crippen LogP contribution in [0.4, 0.5) is 5.69 Å². The maximum Gasteiger partial charge on any atom is 0.311 e. The van der Waals surface area contributed by atoms with Gasteiger partial charge in [-0.25, -0.2) is 0 Å². The van der Waals surface area contributed by atoms with E-state index in [-0.39, 0.29) is 11.7 Å². The molecule has 1 aromatic rings. The van der Waals surface area contributed by atoms with Crippen LogP contribution in [-0.2, 0) is 6.42 Å². The zero-order chi connectivity index (χ0) is 10.1. The number of nitrogens with two attached hydrogens (primary N) is 1. The zero-order valence-corrected chi connectivity index (χ0v) is 7.47. The highest BCUT2D eigenvalue weighted by molar-refractivity contribution is 5.52. The van der Waals surface area contributed by atoms with Crippen LogP contribution in [0.3, 0.4) is 0 Å². The SMILES string of the molecule is N[C@@H]1COc2c(cccc2[N+](=O)[O-])C1. The van der Waals surface area contributed by atoms with Gasteiger partial charge in [0.1, 0.15) is 6.61 Å². The van der Waals surface area contributed by atoms with Crippen molar-refractivity contribution in [2.45, 2.75) is 12.5 Å². The summed E-state index contributed by atoms with van der Waals surface area (Å²) < 4.78 is 5.26. The van der Waals surface area contributed by atoms with Gasteiger partial charge < -0.3 is 10.5 Å². The first-order chi connectivity index (χ1) is 6.68. The fraction of sp³-hybridized carbons (Fsp3) is 0.333. The lowest BCUT2D eigenvalue weighted by molar-refractivity contribution is -0.386. The third-order valence-corrected chi connectivity index (χ3v) is 2.20. The lowest BCUT2D eigenvalue weighted by Gasteiger charge is -2.21. The lowest BCUT2D eigenvalue weighted by Crippen LogP contribution is -2.34. The Morgan fingerprint density at radius 2 is 2.36 bits per heavy atom. The zero-order valence-electron chi connectivity index (χ0n) is 7.47. The predicted molar refractivity (Wildman–Crippen MR) is 50.3 cm³/mol. The van der Waals surface area contributed by atoms with Gasteiger partial charge in [0, 0.05) is 17.7 Å². The van der Waals surface area contributed by atoms with Crippen LogP contribution in [0.5, 0.6) is 5.75 Å². The fourth-order valence-corrected chi connectivity index (χ4v) is 1.57. The summed E-state index contributed by atoms with van der Waals surface area (Å²) >= 11 is 0. The summed E-state index contributed by atoms with van der Waals surface area (Å²) in [6, 6.07) is 4.83. The van der Waals surface area contributed by atoms with Crippen molar-refractivity contribution in [3.8, 4) is 5.75 Å². The molecule has 5 nitrogen and oxygen atoms in total. The van der Waals surface area contributed by atoms with E-state index in [0.717, 1.165) is 5.56 Å². The Hall–Kier alpha value is -1.62. The summed E-state index contributed by atoms with van der Waals surface area (Å²) in [4.78, 5) is 10.2. The number of rotatable bonds is 1. The maximum atomic E-state index is 10.6. The molecule has 0 aromatic heterocycles. The summed E-state index contributed by atoms with van der Waals surface area (Å²) in [5.74, 6) is 0.374. The molecule has 2 rings (SSSR count). The Kier molecular flexibility index (Phi) is 2.09. The number of hydrogen-bond donors (Lipinski definition) is 1. The van der Waals surface area contributed by atoms with Gasteiger partial charge in [0.25, 0.3) is 0 Å². The summed E-state index contributed by atoms with van der Waals surface area (Å²) in [6.07, 6.45) is 0.636. The van der Waals surface area contributed by atoms with Gasteiger partial charge in [-0.1, -0.05) is 12.1 Å². The van der Waals surface area contributed by atoms with Crippen molar-refractivity contribution >= 4 is 5.69 Å². The minimum absolute atomic E-state index is 0.0226. The maximum absolute atomic E-state index is 10.6. The highest BCUT2D eigenvalue weighted by atomic mass is 16.6. The van der Waals surface area contributed by atoms with Gasteiger partial charge in [0.15, 0.2) is 5.75 Å². The quantitative estimate of drug-likeness (QED) is 0.531. The van der Waals surface area contributed by atoms with Crippen LogP contribution in [0.25, 0.3) is 0 Å². The smallest absolute Gasteiger partial charge is 0.311 e. The van der Waals surface area contributed by atoms with Gasteiger partial charge in [0.05, 0.1) is 4.92 Å². The molecular formula is C9H10N2O3. The van der Waals surface area contributed by atoms with E-state index in [4.69, 9.17) is 10.5 Å². The van der Waals surface area contributed by atoms with Crippen LogP contribution in [-0.4, -0.2) is 17.6 Å². The predicted octanol–water partition coefficient (Wildman–Crippen LogP) is 0.857. The second kappa shape index (κ2) is 3.26. The van der Waals surface area contributed by atoms with Crippen molar-refractivity contribution in [2.24, 2.45) is 5.73 Å². The molecule has 1 heterocycles. The molecule has 0 radical (unpaired) electrons. The van der Waals surface area contributed by atoms with Gasteiger partial charge >= 0.3 is 5.69 Å². The van der Waals surface area contributed by atoms with Crippen LogP contribution in [0, 0.1) is 10.1 Å². The summed E-state index contributed by atoms with van der Waals surface area (Å²) in [5.41, 5.74) is 6.52. The third kappa shape index (κ3) is 1.42. The number of benzene rings is 1. The average molecular weight is 194 g/mol. The van der Waals surface area contributed by atoms with Crippen molar-refractivity contribution in [3.63, 3.8) is 0 Å². The molecule has 2 N–H and O–H groups in total. The second-order valence-corrected chi connectivity index (χ2v) is 3.30. The number of nitro groups is 1. The largest absolute Gasteiger partial charge is 0.485 e. The van der Waals surface area contributed by atoms with Gasteiger partial charge in [0.2, 0.25) is 0 Å². The van der Waals surface area contributed by atoms with Crippen LogP contribution >= 0.6 is 0 Å². The fourth-order valence-electron chi connectivity index (χ4n) is 1.57. The summed E-state index contributed by atoms with van der Waals surface area (Å²) in [6.45, 7) is 0.345. The molecule has 0 aliphatic carbocycles. The van der Waals surface area contributed by atoms with Gasteiger partial charge in [-0.3, -0.25) is 10.1 Å². The average Bonchev–Trinajstić information content (AvgIpc) is 2.16. The Labute approximate surface area is 80.6 Å². The Bertz CT molecular complexity index is 378. The van der Waals surface area contributed by atoms with Gasteiger partial charge in [-0.15, -0.1) is 0 Å². The number of hydrogen-bond acceptors (Lipinski definition) is 4. The topological polar surface area (TPSA) is 78.4 Å². The van der Waals surface area contributed by atoms with E-state index in [1.165, 1.54) is 6.07 Å². The molecule has 0 unspecified atom stereocenters.